The van der Waals surface area contributed by atoms with Gasteiger partial charge in [-0.25, -0.2) is 0 Å². The van der Waals surface area contributed by atoms with Gasteiger partial charge in [-0.1, -0.05) is 41.9 Å². The molecule has 112 valence electrons. The van der Waals surface area contributed by atoms with Crippen molar-refractivity contribution in [3.05, 3.63) is 58.6 Å². The number of methoxy groups -OCH3 is 2. The molecular weight excluding hydrogens is 286 g/mol. The summed E-state index contributed by atoms with van der Waals surface area (Å²) >= 11 is 6.31. The molecule has 1 atom stereocenters. The van der Waals surface area contributed by atoms with Gasteiger partial charge in [0.2, 0.25) is 0 Å². The van der Waals surface area contributed by atoms with Crippen LogP contribution in [0.5, 0.6) is 11.5 Å². The minimum absolute atomic E-state index is 0.371. The highest BCUT2D eigenvalue weighted by Gasteiger charge is 2.13. The highest BCUT2D eigenvalue weighted by Crippen LogP contribution is 2.32. The van der Waals surface area contributed by atoms with Crippen LogP contribution in [0.4, 0.5) is 0 Å². The average Bonchev–Trinajstić information content (AvgIpc) is 2.53. The minimum atomic E-state index is 0.371. The van der Waals surface area contributed by atoms with Crippen LogP contribution in [-0.2, 0) is 6.54 Å². The number of ether oxygens (including phenoxy) is 2. The maximum Gasteiger partial charge on any atom is 0.162 e. The molecular formula is C17H21ClNO2+. The standard InChI is InChI=1S/C17H20ClNO2/c1-12(13-7-5-4-6-8-13)19-11-14-9-16(20-2)17(21-3)10-15(14)18/h4-10,12,19H,11H2,1-3H3/p+1/t12-/m1/s1. The molecule has 0 aliphatic rings. The summed E-state index contributed by atoms with van der Waals surface area (Å²) in [5.74, 6) is 1.36. The molecule has 0 unspecified atom stereocenters. The van der Waals surface area contributed by atoms with Gasteiger partial charge in [0.25, 0.3) is 0 Å². The lowest BCUT2D eigenvalue weighted by atomic mass is 10.1. The first-order chi connectivity index (χ1) is 10.2. The van der Waals surface area contributed by atoms with Gasteiger partial charge in [-0.15, -0.1) is 0 Å². The second-order valence-electron chi connectivity index (χ2n) is 4.94. The maximum absolute atomic E-state index is 6.31. The van der Waals surface area contributed by atoms with Crippen LogP contribution in [-0.4, -0.2) is 14.2 Å². The van der Waals surface area contributed by atoms with E-state index in [0.717, 1.165) is 12.1 Å². The molecule has 0 radical (unpaired) electrons. The van der Waals surface area contributed by atoms with E-state index in [1.54, 1.807) is 20.3 Å². The Bertz CT molecular complexity index is 587. The monoisotopic (exact) mass is 306 g/mol. The van der Waals surface area contributed by atoms with Gasteiger partial charge in [-0.2, -0.15) is 0 Å². The summed E-state index contributed by atoms with van der Waals surface area (Å²) in [4.78, 5) is 0. The van der Waals surface area contributed by atoms with Crippen LogP contribution in [0.3, 0.4) is 0 Å². The average molecular weight is 307 g/mol. The van der Waals surface area contributed by atoms with Crippen LogP contribution < -0.4 is 14.8 Å². The Morgan fingerprint density at radius 3 is 2.29 bits per heavy atom. The molecule has 21 heavy (non-hydrogen) atoms. The van der Waals surface area contributed by atoms with E-state index >= 15 is 0 Å². The summed E-state index contributed by atoms with van der Waals surface area (Å²) in [5.41, 5.74) is 2.34. The second-order valence-corrected chi connectivity index (χ2v) is 5.34. The van der Waals surface area contributed by atoms with Gasteiger partial charge >= 0.3 is 0 Å². The smallest absolute Gasteiger partial charge is 0.162 e. The lowest BCUT2D eigenvalue weighted by Crippen LogP contribution is -2.83. The van der Waals surface area contributed by atoms with Gasteiger partial charge in [0.1, 0.15) is 12.6 Å². The first-order valence-electron chi connectivity index (χ1n) is 6.94. The largest absolute Gasteiger partial charge is 0.493 e. The van der Waals surface area contributed by atoms with Gasteiger partial charge in [0.15, 0.2) is 11.5 Å². The third-order valence-corrected chi connectivity index (χ3v) is 3.92. The Labute approximate surface area is 130 Å². The molecule has 2 aromatic rings. The van der Waals surface area contributed by atoms with E-state index in [-0.39, 0.29) is 0 Å². The van der Waals surface area contributed by atoms with Crippen molar-refractivity contribution in [2.24, 2.45) is 0 Å². The van der Waals surface area contributed by atoms with Gasteiger partial charge in [0.05, 0.1) is 19.2 Å². The number of rotatable bonds is 6. The first-order valence-corrected chi connectivity index (χ1v) is 7.32. The SMILES string of the molecule is COc1cc(Cl)c(C[NH2+][C@H](C)c2ccccc2)cc1OC. The molecule has 0 aromatic heterocycles. The van der Waals surface area contributed by atoms with Gasteiger partial charge in [-0.3, -0.25) is 0 Å². The summed E-state index contributed by atoms with van der Waals surface area (Å²) in [6.07, 6.45) is 0. The predicted molar refractivity (Wildman–Crippen MR) is 85.0 cm³/mol. The molecule has 4 heteroatoms. The quantitative estimate of drug-likeness (QED) is 0.889. The van der Waals surface area contributed by atoms with Gasteiger partial charge < -0.3 is 14.8 Å². The zero-order valence-electron chi connectivity index (χ0n) is 12.6. The third kappa shape index (κ3) is 3.90. The summed E-state index contributed by atoms with van der Waals surface area (Å²) in [6.45, 7) is 2.97. The van der Waals surface area contributed by atoms with Crippen molar-refractivity contribution in [2.45, 2.75) is 19.5 Å². The Hall–Kier alpha value is -1.71. The zero-order valence-corrected chi connectivity index (χ0v) is 13.4. The molecule has 0 amide bonds. The van der Waals surface area contributed by atoms with Crippen molar-refractivity contribution in [3.63, 3.8) is 0 Å². The van der Waals surface area contributed by atoms with Crippen molar-refractivity contribution < 1.29 is 14.8 Å². The molecule has 0 aliphatic heterocycles. The lowest BCUT2D eigenvalue weighted by molar-refractivity contribution is -0.707. The van der Waals surface area contributed by atoms with E-state index in [2.05, 4.69) is 36.5 Å². The van der Waals surface area contributed by atoms with Crippen LogP contribution in [0, 0.1) is 0 Å². The van der Waals surface area contributed by atoms with E-state index in [1.807, 2.05) is 12.1 Å². The second kappa shape index (κ2) is 7.34. The number of halogens is 1. The fraction of sp³-hybridized carbons (Fsp3) is 0.294. The number of nitrogens with two attached hydrogens (primary N) is 1. The van der Waals surface area contributed by atoms with E-state index in [0.29, 0.717) is 22.6 Å². The Kier molecular flexibility index (Phi) is 5.48. The van der Waals surface area contributed by atoms with E-state index in [9.17, 15) is 0 Å². The van der Waals surface area contributed by atoms with E-state index in [4.69, 9.17) is 21.1 Å². The lowest BCUT2D eigenvalue weighted by Gasteiger charge is -2.14. The fourth-order valence-electron chi connectivity index (χ4n) is 2.25. The molecule has 2 N–H and O–H groups in total. The number of hydrogen-bond acceptors (Lipinski definition) is 2. The van der Waals surface area contributed by atoms with Crippen molar-refractivity contribution in [1.29, 1.82) is 0 Å². The number of quaternary nitrogens is 1. The van der Waals surface area contributed by atoms with Crippen molar-refractivity contribution in [1.82, 2.24) is 0 Å². The van der Waals surface area contributed by atoms with Crippen LogP contribution >= 0.6 is 11.6 Å². The summed E-state index contributed by atoms with van der Waals surface area (Å²) < 4.78 is 10.6. The van der Waals surface area contributed by atoms with E-state index < -0.39 is 0 Å². The number of benzene rings is 2. The van der Waals surface area contributed by atoms with Crippen LogP contribution in [0.2, 0.25) is 5.02 Å². The molecule has 0 saturated carbocycles. The van der Waals surface area contributed by atoms with Crippen LogP contribution in [0.1, 0.15) is 24.1 Å². The zero-order chi connectivity index (χ0) is 15.2. The predicted octanol–water partition coefficient (Wildman–Crippen LogP) is 3.18. The molecule has 0 spiro atoms. The normalized spacial score (nSPS) is 12.0. The highest BCUT2D eigenvalue weighted by atomic mass is 35.5. The van der Waals surface area contributed by atoms with Crippen molar-refractivity contribution in [3.8, 4) is 11.5 Å². The van der Waals surface area contributed by atoms with Gasteiger partial charge in [0, 0.05) is 17.2 Å². The fourth-order valence-corrected chi connectivity index (χ4v) is 2.48. The molecule has 0 saturated heterocycles. The van der Waals surface area contributed by atoms with Crippen LogP contribution in [0.25, 0.3) is 0 Å². The summed E-state index contributed by atoms with van der Waals surface area (Å²) in [5, 5.41) is 2.95. The molecule has 0 heterocycles. The van der Waals surface area contributed by atoms with Crippen molar-refractivity contribution >= 4 is 11.6 Å². The molecule has 2 aromatic carbocycles. The van der Waals surface area contributed by atoms with Crippen LogP contribution in [0.15, 0.2) is 42.5 Å². The van der Waals surface area contributed by atoms with Gasteiger partial charge in [-0.05, 0) is 13.0 Å². The van der Waals surface area contributed by atoms with Crippen molar-refractivity contribution in [2.75, 3.05) is 14.2 Å². The molecule has 0 bridgehead atoms. The summed E-state index contributed by atoms with van der Waals surface area (Å²) in [6, 6.07) is 14.5. The Morgan fingerprint density at radius 1 is 1.05 bits per heavy atom. The third-order valence-electron chi connectivity index (χ3n) is 3.57. The number of hydrogen-bond donors (Lipinski definition) is 1. The van der Waals surface area contributed by atoms with E-state index in [1.165, 1.54) is 5.56 Å². The molecule has 2 rings (SSSR count). The minimum Gasteiger partial charge on any atom is -0.493 e. The molecule has 0 fully saturated rings. The maximum atomic E-state index is 6.31. The first kappa shape index (κ1) is 15.7. The topological polar surface area (TPSA) is 35.1 Å². The summed E-state index contributed by atoms with van der Waals surface area (Å²) in [7, 11) is 3.24. The Morgan fingerprint density at radius 2 is 1.67 bits per heavy atom. The highest BCUT2D eigenvalue weighted by molar-refractivity contribution is 6.31. The molecule has 0 aliphatic carbocycles. The Balaban J connectivity index is 2.09. The molecule has 3 nitrogen and oxygen atoms in total.